The Morgan fingerprint density at radius 1 is 1.00 bits per heavy atom. The summed E-state index contributed by atoms with van der Waals surface area (Å²) in [5.74, 6) is 0.638. The summed E-state index contributed by atoms with van der Waals surface area (Å²) in [6, 6.07) is 9.26. The lowest BCUT2D eigenvalue weighted by molar-refractivity contribution is 0.341. The van der Waals surface area contributed by atoms with Crippen molar-refractivity contribution in [3.63, 3.8) is 0 Å². The van der Waals surface area contributed by atoms with Gasteiger partial charge in [-0.05, 0) is 48.3 Å². The van der Waals surface area contributed by atoms with E-state index in [1.807, 2.05) is 0 Å². The maximum Gasteiger partial charge on any atom is 0.0366 e. The monoisotopic (exact) mass is 243 g/mol. The molecule has 2 fully saturated rings. The molecule has 0 bridgehead atoms. The van der Waals surface area contributed by atoms with Gasteiger partial charge in [-0.3, -0.25) is 0 Å². The maximum absolute atomic E-state index is 2.61. The van der Waals surface area contributed by atoms with Crippen molar-refractivity contribution in [2.24, 2.45) is 5.41 Å². The van der Waals surface area contributed by atoms with Crippen LogP contribution in [0.1, 0.15) is 57.4 Å². The first-order valence-corrected chi connectivity index (χ1v) is 7.54. The highest BCUT2D eigenvalue weighted by molar-refractivity contribution is 5.49. The standard InChI is InChI=1S/C17H25N/c1-14(2)15-5-7-16(8-6-15)18-12-11-17(13-18)9-3-4-10-17/h5-8,14H,3-4,9-13H2,1-2H3. The molecule has 0 atom stereocenters. The Hall–Kier alpha value is -0.980. The van der Waals surface area contributed by atoms with Crippen LogP contribution in [0.2, 0.25) is 0 Å². The summed E-state index contributed by atoms with van der Waals surface area (Å²) < 4.78 is 0. The molecule has 0 N–H and O–H groups in total. The van der Waals surface area contributed by atoms with Gasteiger partial charge in [0.1, 0.15) is 0 Å². The molecule has 0 aromatic heterocycles. The second-order valence-electron chi connectivity index (χ2n) is 6.62. The van der Waals surface area contributed by atoms with Crippen molar-refractivity contribution in [1.29, 1.82) is 0 Å². The predicted molar refractivity (Wildman–Crippen MR) is 78.3 cm³/mol. The third kappa shape index (κ3) is 2.15. The van der Waals surface area contributed by atoms with E-state index in [2.05, 4.69) is 43.0 Å². The molecule has 98 valence electrons. The summed E-state index contributed by atoms with van der Waals surface area (Å²) in [4.78, 5) is 2.61. The maximum atomic E-state index is 2.61. The third-order valence-corrected chi connectivity index (χ3v) is 5.03. The smallest absolute Gasteiger partial charge is 0.0366 e. The molecule has 1 heteroatoms. The zero-order valence-corrected chi connectivity index (χ0v) is 11.8. The van der Waals surface area contributed by atoms with E-state index in [1.165, 1.54) is 56.4 Å². The van der Waals surface area contributed by atoms with Crippen LogP contribution in [0.5, 0.6) is 0 Å². The Labute approximate surface area is 111 Å². The summed E-state index contributed by atoms with van der Waals surface area (Å²) in [7, 11) is 0. The van der Waals surface area contributed by atoms with Gasteiger partial charge in [0.15, 0.2) is 0 Å². The van der Waals surface area contributed by atoms with Crippen LogP contribution in [0.25, 0.3) is 0 Å². The molecule has 1 saturated carbocycles. The fourth-order valence-electron chi connectivity index (χ4n) is 3.76. The van der Waals surface area contributed by atoms with E-state index >= 15 is 0 Å². The summed E-state index contributed by atoms with van der Waals surface area (Å²) in [6.07, 6.45) is 7.26. The highest BCUT2D eigenvalue weighted by Gasteiger charge is 2.40. The average molecular weight is 243 g/mol. The van der Waals surface area contributed by atoms with Gasteiger partial charge in [-0.2, -0.15) is 0 Å². The lowest BCUT2D eigenvalue weighted by atomic mass is 9.86. The molecule has 1 aliphatic carbocycles. The van der Waals surface area contributed by atoms with Crippen LogP contribution in [0.3, 0.4) is 0 Å². The number of hydrogen-bond donors (Lipinski definition) is 0. The molecule has 1 heterocycles. The van der Waals surface area contributed by atoms with Crippen molar-refractivity contribution in [2.45, 2.75) is 51.9 Å². The first-order chi connectivity index (χ1) is 8.69. The Morgan fingerprint density at radius 2 is 1.67 bits per heavy atom. The number of nitrogens with zero attached hydrogens (tertiary/aromatic N) is 1. The topological polar surface area (TPSA) is 3.24 Å². The first kappa shape index (κ1) is 12.1. The van der Waals surface area contributed by atoms with Gasteiger partial charge in [0, 0.05) is 18.8 Å². The van der Waals surface area contributed by atoms with Gasteiger partial charge >= 0.3 is 0 Å². The van der Waals surface area contributed by atoms with Crippen LogP contribution in [-0.2, 0) is 0 Å². The molecular weight excluding hydrogens is 218 g/mol. The molecule has 0 amide bonds. The van der Waals surface area contributed by atoms with E-state index < -0.39 is 0 Å². The van der Waals surface area contributed by atoms with Gasteiger partial charge in [-0.25, -0.2) is 0 Å². The second-order valence-corrected chi connectivity index (χ2v) is 6.62. The zero-order chi connectivity index (χ0) is 12.6. The molecule has 0 unspecified atom stereocenters. The van der Waals surface area contributed by atoms with Crippen LogP contribution >= 0.6 is 0 Å². The minimum Gasteiger partial charge on any atom is -0.371 e. The summed E-state index contributed by atoms with van der Waals surface area (Å²) in [5.41, 5.74) is 3.56. The summed E-state index contributed by atoms with van der Waals surface area (Å²) in [6.45, 7) is 7.09. The quantitative estimate of drug-likeness (QED) is 0.735. The normalized spacial score (nSPS) is 22.3. The SMILES string of the molecule is CC(C)c1ccc(N2CCC3(CCCC3)C2)cc1. The Morgan fingerprint density at radius 3 is 2.28 bits per heavy atom. The number of hydrogen-bond acceptors (Lipinski definition) is 1. The summed E-state index contributed by atoms with van der Waals surface area (Å²) in [5, 5.41) is 0. The zero-order valence-electron chi connectivity index (χ0n) is 11.8. The van der Waals surface area contributed by atoms with E-state index in [0.717, 1.165) is 0 Å². The van der Waals surface area contributed by atoms with Gasteiger partial charge in [-0.1, -0.05) is 38.8 Å². The van der Waals surface area contributed by atoms with Gasteiger partial charge in [0.25, 0.3) is 0 Å². The van der Waals surface area contributed by atoms with Crippen LogP contribution in [0, 0.1) is 5.41 Å². The van der Waals surface area contributed by atoms with Crippen molar-refractivity contribution in [1.82, 2.24) is 0 Å². The van der Waals surface area contributed by atoms with E-state index in [9.17, 15) is 0 Å². The molecule has 3 rings (SSSR count). The van der Waals surface area contributed by atoms with Crippen LogP contribution < -0.4 is 4.90 Å². The molecule has 1 nitrogen and oxygen atoms in total. The van der Waals surface area contributed by atoms with Gasteiger partial charge in [0.05, 0.1) is 0 Å². The minimum atomic E-state index is 0.638. The molecule has 2 aliphatic rings. The minimum absolute atomic E-state index is 0.638. The number of anilines is 1. The molecule has 1 aromatic carbocycles. The van der Waals surface area contributed by atoms with Crippen LogP contribution in [0.4, 0.5) is 5.69 Å². The van der Waals surface area contributed by atoms with Gasteiger partial charge in [0.2, 0.25) is 0 Å². The Balaban J connectivity index is 1.72. The molecule has 0 radical (unpaired) electrons. The van der Waals surface area contributed by atoms with Crippen molar-refractivity contribution >= 4 is 5.69 Å². The van der Waals surface area contributed by atoms with Gasteiger partial charge < -0.3 is 4.90 Å². The highest BCUT2D eigenvalue weighted by Crippen LogP contribution is 2.46. The molecule has 1 aromatic rings. The van der Waals surface area contributed by atoms with E-state index in [0.29, 0.717) is 11.3 Å². The molecule has 1 saturated heterocycles. The molecular formula is C17H25N. The fourth-order valence-corrected chi connectivity index (χ4v) is 3.76. The Kier molecular flexibility index (Phi) is 3.09. The van der Waals surface area contributed by atoms with E-state index in [1.54, 1.807) is 0 Å². The average Bonchev–Trinajstić information content (AvgIpc) is 3.01. The lowest BCUT2D eigenvalue weighted by Crippen LogP contribution is -2.24. The second kappa shape index (κ2) is 4.60. The van der Waals surface area contributed by atoms with Crippen LogP contribution in [0.15, 0.2) is 24.3 Å². The van der Waals surface area contributed by atoms with Gasteiger partial charge in [-0.15, -0.1) is 0 Å². The molecule has 18 heavy (non-hydrogen) atoms. The van der Waals surface area contributed by atoms with Crippen molar-refractivity contribution < 1.29 is 0 Å². The lowest BCUT2D eigenvalue weighted by Gasteiger charge is -2.25. The van der Waals surface area contributed by atoms with Crippen molar-refractivity contribution in [3.8, 4) is 0 Å². The molecule has 1 aliphatic heterocycles. The highest BCUT2D eigenvalue weighted by atomic mass is 15.2. The summed E-state index contributed by atoms with van der Waals surface area (Å²) >= 11 is 0. The Bertz CT molecular complexity index is 398. The fraction of sp³-hybridized carbons (Fsp3) is 0.647. The first-order valence-electron chi connectivity index (χ1n) is 7.54. The van der Waals surface area contributed by atoms with Crippen molar-refractivity contribution in [3.05, 3.63) is 29.8 Å². The predicted octanol–water partition coefficient (Wildman–Crippen LogP) is 4.58. The number of rotatable bonds is 2. The van der Waals surface area contributed by atoms with E-state index in [-0.39, 0.29) is 0 Å². The largest absolute Gasteiger partial charge is 0.371 e. The van der Waals surface area contributed by atoms with Crippen molar-refractivity contribution in [2.75, 3.05) is 18.0 Å². The van der Waals surface area contributed by atoms with Crippen LogP contribution in [-0.4, -0.2) is 13.1 Å². The number of benzene rings is 1. The van der Waals surface area contributed by atoms with E-state index in [4.69, 9.17) is 0 Å². The third-order valence-electron chi connectivity index (χ3n) is 5.03. The molecule has 1 spiro atoms.